The van der Waals surface area contributed by atoms with Crippen LogP contribution < -0.4 is 0 Å². The van der Waals surface area contributed by atoms with E-state index in [4.69, 9.17) is 0 Å². The number of aromatic nitrogens is 1. The van der Waals surface area contributed by atoms with Gasteiger partial charge in [0.1, 0.15) is 0 Å². The van der Waals surface area contributed by atoms with Crippen LogP contribution in [0.2, 0.25) is 0 Å². The van der Waals surface area contributed by atoms with Crippen molar-refractivity contribution in [3.05, 3.63) is 48.6 Å². The van der Waals surface area contributed by atoms with E-state index in [1.54, 1.807) is 12.1 Å². The number of hydrogen-bond acceptors (Lipinski definition) is 1. The van der Waals surface area contributed by atoms with Crippen molar-refractivity contribution in [3.63, 3.8) is 0 Å². The van der Waals surface area contributed by atoms with Crippen LogP contribution in [0.15, 0.2) is 36.9 Å². The number of pyridine rings is 1. The van der Waals surface area contributed by atoms with Gasteiger partial charge in [-0.2, -0.15) is 4.39 Å². The molecule has 1 fully saturated rings. The largest absolute Gasteiger partial charge is 0.220 e. The predicted octanol–water partition coefficient (Wildman–Crippen LogP) is 3.20. The highest BCUT2D eigenvalue weighted by atomic mass is 19.1. The number of nitrogens with zero attached hydrogens (tertiary/aromatic N) is 1. The van der Waals surface area contributed by atoms with Crippen LogP contribution in [0.4, 0.5) is 4.39 Å². The van der Waals surface area contributed by atoms with E-state index in [0.29, 0.717) is 5.92 Å². The van der Waals surface area contributed by atoms with E-state index in [9.17, 15) is 4.39 Å². The first-order valence-electron chi connectivity index (χ1n) is 4.77. The summed E-state index contributed by atoms with van der Waals surface area (Å²) < 4.78 is 12.9. The van der Waals surface area contributed by atoms with Gasteiger partial charge in [-0.1, -0.05) is 24.8 Å². The van der Waals surface area contributed by atoms with E-state index >= 15 is 0 Å². The van der Waals surface area contributed by atoms with E-state index in [2.05, 4.69) is 11.6 Å². The zero-order valence-electron chi connectivity index (χ0n) is 7.91. The van der Waals surface area contributed by atoms with Gasteiger partial charge >= 0.3 is 0 Å². The van der Waals surface area contributed by atoms with Crippen molar-refractivity contribution in [1.82, 2.24) is 4.98 Å². The molecule has 0 atom stereocenters. The minimum absolute atomic E-state index is 0.418. The quantitative estimate of drug-likeness (QED) is 0.525. The van der Waals surface area contributed by atoms with Gasteiger partial charge in [-0.3, -0.25) is 0 Å². The minimum atomic E-state index is -0.418. The molecule has 2 rings (SSSR count). The lowest BCUT2D eigenvalue weighted by Crippen LogP contribution is -1.93. The number of halogens is 1. The summed E-state index contributed by atoms with van der Waals surface area (Å²) in [4.78, 5) is 3.87. The topological polar surface area (TPSA) is 12.9 Å². The summed E-state index contributed by atoms with van der Waals surface area (Å²) in [5.74, 6) is 0.139. The molecule has 2 heteroatoms. The van der Waals surface area contributed by atoms with Gasteiger partial charge < -0.3 is 0 Å². The lowest BCUT2D eigenvalue weighted by Gasteiger charge is -2.03. The maximum atomic E-state index is 12.9. The normalized spacial score (nSPS) is 16.8. The van der Waals surface area contributed by atoms with E-state index in [-0.39, 0.29) is 0 Å². The summed E-state index contributed by atoms with van der Waals surface area (Å²) in [5, 5.41) is 0. The Balaban J connectivity index is 2.35. The Bertz CT molecular complexity index is 378. The van der Waals surface area contributed by atoms with Crippen LogP contribution in [0.1, 0.15) is 18.5 Å². The number of allylic oxidation sites excluding steroid dienone is 3. The van der Waals surface area contributed by atoms with Crippen molar-refractivity contribution >= 4 is 5.57 Å². The first-order chi connectivity index (χ1) is 6.81. The molecule has 0 radical (unpaired) electrons. The van der Waals surface area contributed by atoms with Crippen molar-refractivity contribution in [3.8, 4) is 0 Å². The van der Waals surface area contributed by atoms with Gasteiger partial charge in [0.15, 0.2) is 0 Å². The molecule has 0 saturated heterocycles. The van der Waals surface area contributed by atoms with Gasteiger partial charge in [0.05, 0.1) is 5.69 Å². The second kappa shape index (κ2) is 3.74. The Morgan fingerprint density at radius 1 is 1.50 bits per heavy atom. The van der Waals surface area contributed by atoms with Crippen molar-refractivity contribution in [2.75, 3.05) is 0 Å². The van der Waals surface area contributed by atoms with Gasteiger partial charge in [0.2, 0.25) is 5.95 Å². The molecule has 1 aromatic heterocycles. The monoisotopic (exact) mass is 189 g/mol. The molecule has 14 heavy (non-hydrogen) atoms. The molecular weight excluding hydrogens is 177 g/mol. The highest BCUT2D eigenvalue weighted by Crippen LogP contribution is 2.41. The molecule has 1 nitrogen and oxygen atoms in total. The summed E-state index contributed by atoms with van der Waals surface area (Å²) in [6, 6.07) is 4.90. The summed E-state index contributed by atoms with van der Waals surface area (Å²) in [6.45, 7) is 3.66. The Morgan fingerprint density at radius 2 is 2.29 bits per heavy atom. The Labute approximate surface area is 83.0 Å². The van der Waals surface area contributed by atoms with Crippen LogP contribution in [0.3, 0.4) is 0 Å². The summed E-state index contributed by atoms with van der Waals surface area (Å²) >= 11 is 0. The molecule has 0 unspecified atom stereocenters. The molecule has 0 amide bonds. The molecule has 0 spiro atoms. The highest BCUT2D eigenvalue weighted by Gasteiger charge is 2.27. The maximum absolute atomic E-state index is 12.9. The standard InChI is InChI=1S/C12H12FN/c1-2-4-10(9-7-8-9)11-5-3-6-12(13)14-11/h2-6,9H,1,7-8H2/b10-4-. The van der Waals surface area contributed by atoms with Gasteiger partial charge in [-0.15, -0.1) is 0 Å². The van der Waals surface area contributed by atoms with E-state index in [1.807, 2.05) is 12.1 Å². The predicted molar refractivity (Wildman–Crippen MR) is 55.1 cm³/mol. The maximum Gasteiger partial charge on any atom is 0.213 e. The van der Waals surface area contributed by atoms with Crippen LogP contribution in [-0.4, -0.2) is 4.98 Å². The minimum Gasteiger partial charge on any atom is -0.220 e. The Morgan fingerprint density at radius 3 is 2.86 bits per heavy atom. The molecule has 1 aliphatic carbocycles. The summed E-state index contributed by atoms with van der Waals surface area (Å²) in [7, 11) is 0. The fraction of sp³-hybridized carbons (Fsp3) is 0.250. The third-order valence-electron chi connectivity index (χ3n) is 2.33. The Kier molecular flexibility index (Phi) is 2.44. The third-order valence-corrected chi connectivity index (χ3v) is 2.33. The lowest BCUT2D eigenvalue weighted by molar-refractivity contribution is 0.582. The molecule has 0 aromatic carbocycles. The average Bonchev–Trinajstić information content (AvgIpc) is 2.97. The average molecular weight is 189 g/mol. The molecule has 72 valence electrons. The fourth-order valence-corrected chi connectivity index (χ4v) is 1.52. The number of hydrogen-bond donors (Lipinski definition) is 0. The number of rotatable bonds is 3. The first kappa shape index (κ1) is 9.13. The third kappa shape index (κ3) is 1.90. The highest BCUT2D eigenvalue weighted by molar-refractivity contribution is 5.67. The van der Waals surface area contributed by atoms with Crippen LogP contribution >= 0.6 is 0 Å². The summed E-state index contributed by atoms with van der Waals surface area (Å²) in [6.07, 6.45) is 6.02. The molecular formula is C12H12FN. The van der Waals surface area contributed by atoms with Gasteiger partial charge in [0, 0.05) is 0 Å². The van der Waals surface area contributed by atoms with Crippen LogP contribution in [0.25, 0.3) is 5.57 Å². The molecule has 0 bridgehead atoms. The summed E-state index contributed by atoms with van der Waals surface area (Å²) in [5.41, 5.74) is 1.85. The smallest absolute Gasteiger partial charge is 0.213 e. The molecule has 0 aliphatic heterocycles. The lowest BCUT2D eigenvalue weighted by atomic mass is 10.1. The zero-order valence-corrected chi connectivity index (χ0v) is 7.91. The SMILES string of the molecule is C=C/C=C(\c1cccc(F)n1)C1CC1. The molecule has 1 aromatic rings. The van der Waals surface area contributed by atoms with Crippen LogP contribution in [0.5, 0.6) is 0 Å². The molecule has 1 aliphatic rings. The molecule has 0 N–H and O–H groups in total. The van der Waals surface area contributed by atoms with Gasteiger partial charge in [-0.05, 0) is 36.5 Å². The second-order valence-corrected chi connectivity index (χ2v) is 3.48. The zero-order chi connectivity index (χ0) is 9.97. The second-order valence-electron chi connectivity index (χ2n) is 3.48. The Hall–Kier alpha value is -1.44. The molecule has 1 heterocycles. The van der Waals surface area contributed by atoms with E-state index < -0.39 is 5.95 Å². The van der Waals surface area contributed by atoms with E-state index in [0.717, 1.165) is 11.3 Å². The van der Waals surface area contributed by atoms with E-state index in [1.165, 1.54) is 18.9 Å². The first-order valence-corrected chi connectivity index (χ1v) is 4.77. The molecule has 1 saturated carbocycles. The van der Waals surface area contributed by atoms with Crippen molar-refractivity contribution < 1.29 is 4.39 Å². The van der Waals surface area contributed by atoms with Crippen molar-refractivity contribution in [2.24, 2.45) is 5.92 Å². The van der Waals surface area contributed by atoms with Crippen LogP contribution in [0, 0.1) is 11.9 Å². The van der Waals surface area contributed by atoms with Crippen LogP contribution in [-0.2, 0) is 0 Å². The van der Waals surface area contributed by atoms with Gasteiger partial charge in [-0.25, -0.2) is 4.98 Å². The van der Waals surface area contributed by atoms with Crippen molar-refractivity contribution in [2.45, 2.75) is 12.8 Å². The van der Waals surface area contributed by atoms with Gasteiger partial charge in [0.25, 0.3) is 0 Å². The fourth-order valence-electron chi connectivity index (χ4n) is 1.52. The van der Waals surface area contributed by atoms with Crippen molar-refractivity contribution in [1.29, 1.82) is 0 Å².